The second-order valence-electron chi connectivity index (χ2n) is 7.82. The van der Waals surface area contributed by atoms with Crippen molar-refractivity contribution in [2.75, 3.05) is 0 Å². The van der Waals surface area contributed by atoms with E-state index in [2.05, 4.69) is 10.6 Å². The predicted octanol–water partition coefficient (Wildman–Crippen LogP) is 0.603. The SMILES string of the molecule is O=C1NC(=O)[C@H]2CC=C3[C@@H](C[C@H]4C(=O)NC(=O)[C@H]4[C@H]3c3ccc(O)cc3)[C@@H]12. The van der Waals surface area contributed by atoms with Crippen molar-refractivity contribution in [3.63, 3.8) is 0 Å². The van der Waals surface area contributed by atoms with Gasteiger partial charge in [-0.25, -0.2) is 0 Å². The second kappa shape index (κ2) is 5.52. The summed E-state index contributed by atoms with van der Waals surface area (Å²) >= 11 is 0. The number of aromatic hydroxyl groups is 1. The highest BCUT2D eigenvalue weighted by molar-refractivity contribution is 6.07. The average Bonchev–Trinajstić information content (AvgIpc) is 3.10. The Balaban J connectivity index is 1.65. The third kappa shape index (κ3) is 2.20. The van der Waals surface area contributed by atoms with E-state index in [0.29, 0.717) is 12.8 Å². The van der Waals surface area contributed by atoms with Gasteiger partial charge in [0.2, 0.25) is 23.6 Å². The lowest BCUT2D eigenvalue weighted by atomic mass is 9.57. The number of carbonyl (C=O) groups excluding carboxylic acids is 4. The van der Waals surface area contributed by atoms with Gasteiger partial charge in [0.1, 0.15) is 5.75 Å². The summed E-state index contributed by atoms with van der Waals surface area (Å²) in [7, 11) is 0. The highest BCUT2D eigenvalue weighted by atomic mass is 16.3. The standard InChI is InChI=1S/C20H18N2O5/c23-9-3-1-8(2-4-9)14-10-5-6-11-15(19(26)21-17(11)24)12(10)7-13-16(14)20(27)22-18(13)25/h1-5,11-16,23H,6-7H2,(H,21,24,26)(H,22,25,27)/t11-,12+,13+,14-,15-,16+/m0/s1. The number of hydrogen-bond acceptors (Lipinski definition) is 5. The molecule has 0 unspecified atom stereocenters. The molecule has 4 aliphatic rings. The van der Waals surface area contributed by atoms with E-state index in [1.807, 2.05) is 6.08 Å². The summed E-state index contributed by atoms with van der Waals surface area (Å²) in [6.07, 6.45) is 2.83. The number of amides is 4. The Kier molecular flexibility index (Phi) is 3.32. The summed E-state index contributed by atoms with van der Waals surface area (Å²) in [5.74, 6) is -3.53. The first-order valence-corrected chi connectivity index (χ1v) is 9.14. The molecule has 2 aliphatic heterocycles. The van der Waals surface area contributed by atoms with Gasteiger partial charge in [0, 0.05) is 5.92 Å². The summed E-state index contributed by atoms with van der Waals surface area (Å²) in [5, 5.41) is 14.5. The molecule has 5 rings (SSSR count). The number of benzene rings is 1. The molecule has 6 atom stereocenters. The van der Waals surface area contributed by atoms with Crippen LogP contribution >= 0.6 is 0 Å². The summed E-state index contributed by atoms with van der Waals surface area (Å²) < 4.78 is 0. The Labute approximate surface area is 154 Å². The van der Waals surface area contributed by atoms with E-state index in [0.717, 1.165) is 11.1 Å². The van der Waals surface area contributed by atoms with Crippen LogP contribution in [-0.2, 0) is 19.2 Å². The summed E-state index contributed by atoms with van der Waals surface area (Å²) in [6, 6.07) is 6.62. The van der Waals surface area contributed by atoms with Crippen molar-refractivity contribution in [3.05, 3.63) is 41.5 Å². The van der Waals surface area contributed by atoms with Gasteiger partial charge in [0.25, 0.3) is 0 Å². The normalized spacial score (nSPS) is 37.1. The molecule has 0 spiro atoms. The third-order valence-electron chi connectivity index (χ3n) is 6.59. The Morgan fingerprint density at radius 2 is 1.41 bits per heavy atom. The van der Waals surface area contributed by atoms with Crippen LogP contribution in [0.4, 0.5) is 0 Å². The van der Waals surface area contributed by atoms with Gasteiger partial charge in [-0.2, -0.15) is 0 Å². The number of carbonyl (C=O) groups is 4. The Bertz CT molecular complexity index is 919. The van der Waals surface area contributed by atoms with E-state index >= 15 is 0 Å². The van der Waals surface area contributed by atoms with E-state index in [4.69, 9.17) is 0 Å². The second-order valence-corrected chi connectivity index (χ2v) is 7.82. The molecule has 4 amide bonds. The van der Waals surface area contributed by atoms with E-state index in [1.165, 1.54) is 0 Å². The first-order valence-electron chi connectivity index (χ1n) is 9.14. The van der Waals surface area contributed by atoms with Crippen LogP contribution in [0.25, 0.3) is 0 Å². The van der Waals surface area contributed by atoms with E-state index < -0.39 is 23.7 Å². The maximum atomic E-state index is 12.5. The number of phenolic OH excluding ortho intramolecular Hbond substituents is 1. The lowest BCUT2D eigenvalue weighted by Crippen LogP contribution is -2.42. The Morgan fingerprint density at radius 1 is 0.778 bits per heavy atom. The van der Waals surface area contributed by atoms with Gasteiger partial charge < -0.3 is 5.11 Å². The van der Waals surface area contributed by atoms with Crippen molar-refractivity contribution in [3.8, 4) is 5.75 Å². The third-order valence-corrected chi connectivity index (χ3v) is 6.59. The fourth-order valence-corrected chi connectivity index (χ4v) is 5.47. The van der Waals surface area contributed by atoms with Crippen molar-refractivity contribution >= 4 is 23.6 Å². The van der Waals surface area contributed by atoms with E-state index in [9.17, 15) is 24.3 Å². The topological polar surface area (TPSA) is 113 Å². The highest BCUT2D eigenvalue weighted by Crippen LogP contribution is 2.55. The van der Waals surface area contributed by atoms with Gasteiger partial charge in [-0.05, 0) is 36.5 Å². The minimum absolute atomic E-state index is 0.119. The molecule has 3 N–H and O–H groups in total. The zero-order valence-corrected chi connectivity index (χ0v) is 14.3. The molecule has 138 valence electrons. The number of rotatable bonds is 1. The first kappa shape index (κ1) is 16.2. The zero-order chi connectivity index (χ0) is 18.9. The largest absolute Gasteiger partial charge is 0.508 e. The lowest BCUT2D eigenvalue weighted by Gasteiger charge is -2.44. The van der Waals surface area contributed by atoms with Gasteiger partial charge in [-0.3, -0.25) is 29.8 Å². The summed E-state index contributed by atoms with van der Waals surface area (Å²) in [6.45, 7) is 0. The van der Waals surface area contributed by atoms with Gasteiger partial charge in [0.15, 0.2) is 0 Å². The molecule has 0 aromatic heterocycles. The molecule has 27 heavy (non-hydrogen) atoms. The van der Waals surface area contributed by atoms with Crippen molar-refractivity contribution in [1.29, 1.82) is 0 Å². The van der Waals surface area contributed by atoms with Gasteiger partial charge in [-0.15, -0.1) is 0 Å². The monoisotopic (exact) mass is 366 g/mol. The molecule has 0 bridgehead atoms. The molecule has 1 aromatic rings. The molecule has 2 aliphatic carbocycles. The number of hydrogen-bond donors (Lipinski definition) is 3. The molecule has 3 fully saturated rings. The van der Waals surface area contributed by atoms with Crippen LogP contribution in [0.15, 0.2) is 35.9 Å². The zero-order valence-electron chi connectivity index (χ0n) is 14.3. The Morgan fingerprint density at radius 3 is 2.11 bits per heavy atom. The fourth-order valence-electron chi connectivity index (χ4n) is 5.47. The maximum absolute atomic E-state index is 12.5. The molecule has 7 heteroatoms. The average molecular weight is 366 g/mol. The van der Waals surface area contributed by atoms with E-state index in [-0.39, 0.29) is 41.2 Å². The fraction of sp³-hybridized carbons (Fsp3) is 0.400. The quantitative estimate of drug-likeness (QED) is 0.498. The number of nitrogens with one attached hydrogen (secondary N) is 2. The van der Waals surface area contributed by atoms with Gasteiger partial charge >= 0.3 is 0 Å². The van der Waals surface area contributed by atoms with Crippen LogP contribution in [0, 0.1) is 29.6 Å². The maximum Gasteiger partial charge on any atom is 0.231 e. The number of fused-ring (bicyclic) bond motifs is 4. The van der Waals surface area contributed by atoms with Crippen LogP contribution < -0.4 is 10.6 Å². The molecule has 0 radical (unpaired) electrons. The van der Waals surface area contributed by atoms with Crippen LogP contribution in [0.2, 0.25) is 0 Å². The Hall–Kier alpha value is -2.96. The number of imide groups is 2. The van der Waals surface area contributed by atoms with Crippen molar-refractivity contribution in [2.45, 2.75) is 18.8 Å². The lowest BCUT2D eigenvalue weighted by molar-refractivity contribution is -0.128. The molecule has 2 saturated heterocycles. The minimum atomic E-state index is -0.527. The smallest absolute Gasteiger partial charge is 0.231 e. The van der Waals surface area contributed by atoms with Crippen LogP contribution in [0.5, 0.6) is 5.75 Å². The highest BCUT2D eigenvalue weighted by Gasteiger charge is 2.58. The number of phenols is 1. The molecular weight excluding hydrogens is 348 g/mol. The van der Waals surface area contributed by atoms with Gasteiger partial charge in [-0.1, -0.05) is 23.8 Å². The van der Waals surface area contributed by atoms with Crippen molar-refractivity contribution in [2.24, 2.45) is 29.6 Å². The summed E-state index contributed by atoms with van der Waals surface area (Å²) in [5.41, 5.74) is 1.78. The summed E-state index contributed by atoms with van der Waals surface area (Å²) in [4.78, 5) is 49.5. The van der Waals surface area contributed by atoms with Gasteiger partial charge in [0.05, 0.1) is 23.7 Å². The molecule has 1 saturated carbocycles. The molecule has 2 heterocycles. The van der Waals surface area contributed by atoms with E-state index in [1.54, 1.807) is 24.3 Å². The number of allylic oxidation sites excluding steroid dienone is 2. The first-order chi connectivity index (χ1) is 13.0. The van der Waals surface area contributed by atoms with Crippen molar-refractivity contribution < 1.29 is 24.3 Å². The minimum Gasteiger partial charge on any atom is -0.508 e. The van der Waals surface area contributed by atoms with Crippen molar-refractivity contribution in [1.82, 2.24) is 10.6 Å². The molecule has 1 aromatic carbocycles. The van der Waals surface area contributed by atoms with Crippen LogP contribution in [-0.4, -0.2) is 28.7 Å². The van der Waals surface area contributed by atoms with Crippen LogP contribution in [0.3, 0.4) is 0 Å². The van der Waals surface area contributed by atoms with Crippen LogP contribution in [0.1, 0.15) is 24.3 Å². The predicted molar refractivity (Wildman–Crippen MR) is 91.9 cm³/mol. The molecule has 7 nitrogen and oxygen atoms in total. The molecular formula is C20H18N2O5.